The summed E-state index contributed by atoms with van der Waals surface area (Å²) in [6, 6.07) is 23.8. The van der Waals surface area contributed by atoms with Gasteiger partial charge in [0.15, 0.2) is 18.4 Å². The van der Waals surface area contributed by atoms with Crippen molar-refractivity contribution in [3.8, 4) is 0 Å². The third-order valence-electron chi connectivity index (χ3n) is 6.57. The molecule has 2 aliphatic rings. The number of benzene rings is 3. The molecule has 2 heterocycles. The summed E-state index contributed by atoms with van der Waals surface area (Å²) in [5.41, 5.74) is 0.739. The van der Waals surface area contributed by atoms with Crippen LogP contribution >= 0.6 is 0 Å². The number of nitrogens with one attached hydrogen (secondary N) is 1. The molecule has 210 valence electrons. The van der Waals surface area contributed by atoms with E-state index in [1.807, 2.05) is 0 Å². The fourth-order valence-corrected chi connectivity index (χ4v) is 4.53. The molecule has 3 aromatic carbocycles. The molecule has 3 aromatic rings. The van der Waals surface area contributed by atoms with Crippen LogP contribution in [0.4, 0.5) is 4.79 Å². The normalized spacial score (nSPS) is 22.0. The Hall–Kier alpha value is -5.03. The van der Waals surface area contributed by atoms with Crippen LogP contribution in [0.1, 0.15) is 37.5 Å². The van der Waals surface area contributed by atoms with Gasteiger partial charge in [0.05, 0.1) is 16.7 Å². The molecule has 2 fully saturated rings. The van der Waals surface area contributed by atoms with Crippen LogP contribution in [0.3, 0.4) is 0 Å². The molecule has 0 aliphatic carbocycles. The minimum Gasteiger partial charge on any atom is -0.459 e. The smallest absolute Gasteiger partial charge is 0.338 e. The second-order valence-electron chi connectivity index (χ2n) is 9.30. The van der Waals surface area contributed by atoms with Crippen LogP contribution in [0.25, 0.3) is 0 Å². The number of carbonyl (C=O) groups is 5. The third kappa shape index (κ3) is 6.42. The predicted molar refractivity (Wildman–Crippen MR) is 142 cm³/mol. The first-order valence-corrected chi connectivity index (χ1v) is 12.9. The van der Waals surface area contributed by atoms with Crippen LogP contribution in [0.15, 0.2) is 91.0 Å². The monoisotopic (exact) mass is 558 g/mol. The Bertz CT molecular complexity index is 1420. The summed E-state index contributed by atoms with van der Waals surface area (Å²) in [4.78, 5) is 64.7. The number of urea groups is 1. The van der Waals surface area contributed by atoms with E-state index in [0.717, 1.165) is 0 Å². The lowest BCUT2D eigenvalue weighted by Crippen LogP contribution is -2.57. The van der Waals surface area contributed by atoms with Gasteiger partial charge in [-0.25, -0.2) is 19.2 Å². The lowest BCUT2D eigenvalue weighted by molar-refractivity contribution is -0.126. The van der Waals surface area contributed by atoms with Crippen molar-refractivity contribution in [1.82, 2.24) is 10.2 Å². The van der Waals surface area contributed by atoms with Crippen LogP contribution in [0.5, 0.6) is 0 Å². The van der Waals surface area contributed by atoms with Crippen molar-refractivity contribution in [1.29, 1.82) is 0 Å². The summed E-state index contributed by atoms with van der Waals surface area (Å²) in [7, 11) is 0. The van der Waals surface area contributed by atoms with Gasteiger partial charge in [-0.1, -0.05) is 54.6 Å². The van der Waals surface area contributed by atoms with Crippen molar-refractivity contribution in [3.05, 3.63) is 108 Å². The predicted octanol–water partition coefficient (Wildman–Crippen LogP) is 2.96. The van der Waals surface area contributed by atoms with E-state index in [4.69, 9.17) is 18.9 Å². The Morgan fingerprint density at radius 3 is 1.73 bits per heavy atom. The number of esters is 3. The van der Waals surface area contributed by atoms with E-state index in [1.54, 1.807) is 91.0 Å². The van der Waals surface area contributed by atoms with Gasteiger partial charge in [-0.3, -0.25) is 15.0 Å². The van der Waals surface area contributed by atoms with E-state index < -0.39 is 54.4 Å². The van der Waals surface area contributed by atoms with Gasteiger partial charge in [0, 0.05) is 13.0 Å². The highest BCUT2D eigenvalue weighted by Gasteiger charge is 2.54. The maximum absolute atomic E-state index is 13.1. The largest absolute Gasteiger partial charge is 0.459 e. The highest BCUT2D eigenvalue weighted by atomic mass is 16.7. The average Bonchev–Trinajstić information content (AvgIpc) is 3.33. The molecule has 4 atom stereocenters. The van der Waals surface area contributed by atoms with E-state index in [0.29, 0.717) is 5.56 Å². The summed E-state index contributed by atoms with van der Waals surface area (Å²) in [6.45, 7) is -0.421. The molecule has 11 heteroatoms. The Morgan fingerprint density at radius 2 is 1.22 bits per heavy atom. The zero-order valence-electron chi connectivity index (χ0n) is 21.7. The molecule has 2 saturated heterocycles. The molecule has 5 rings (SSSR count). The Balaban J connectivity index is 1.45. The van der Waals surface area contributed by atoms with Crippen molar-refractivity contribution in [2.75, 3.05) is 13.2 Å². The first kappa shape index (κ1) is 27.5. The third-order valence-corrected chi connectivity index (χ3v) is 6.57. The Morgan fingerprint density at radius 1 is 0.732 bits per heavy atom. The molecule has 0 spiro atoms. The number of amides is 3. The molecule has 11 nitrogen and oxygen atoms in total. The second kappa shape index (κ2) is 12.4. The molecular weight excluding hydrogens is 532 g/mol. The first-order chi connectivity index (χ1) is 19.9. The van der Waals surface area contributed by atoms with Crippen molar-refractivity contribution in [2.24, 2.45) is 0 Å². The quantitative estimate of drug-likeness (QED) is 0.327. The number of hydrogen-bond acceptors (Lipinski definition) is 9. The van der Waals surface area contributed by atoms with Gasteiger partial charge in [0.2, 0.25) is 5.91 Å². The number of nitrogens with zero attached hydrogens (tertiary/aromatic N) is 1. The highest BCUT2D eigenvalue weighted by molar-refractivity contribution is 5.97. The van der Waals surface area contributed by atoms with E-state index in [2.05, 4.69) is 5.32 Å². The van der Waals surface area contributed by atoms with Gasteiger partial charge in [-0.05, 0) is 36.4 Å². The highest BCUT2D eigenvalue weighted by Crippen LogP contribution is 2.32. The van der Waals surface area contributed by atoms with Gasteiger partial charge in [-0.2, -0.15) is 0 Å². The topological polar surface area (TPSA) is 138 Å². The van der Waals surface area contributed by atoms with Crippen molar-refractivity contribution < 1.29 is 42.9 Å². The maximum atomic E-state index is 13.1. The van der Waals surface area contributed by atoms with Gasteiger partial charge in [-0.15, -0.1) is 0 Å². The second-order valence-corrected chi connectivity index (χ2v) is 9.30. The molecular formula is C30H26N2O9. The zero-order valence-corrected chi connectivity index (χ0v) is 21.7. The fourth-order valence-electron chi connectivity index (χ4n) is 4.53. The van der Waals surface area contributed by atoms with Crippen molar-refractivity contribution in [3.63, 3.8) is 0 Å². The molecule has 2 aliphatic heterocycles. The summed E-state index contributed by atoms with van der Waals surface area (Å²) in [5.74, 6) is -2.61. The van der Waals surface area contributed by atoms with Crippen LogP contribution in [-0.4, -0.2) is 72.4 Å². The average molecular weight is 559 g/mol. The maximum Gasteiger partial charge on any atom is 0.338 e. The number of ether oxygens (including phenoxy) is 4. The number of rotatable bonds is 8. The van der Waals surface area contributed by atoms with E-state index >= 15 is 0 Å². The van der Waals surface area contributed by atoms with E-state index in [9.17, 15) is 24.0 Å². The standard InChI is InChI=1S/C30H26N2O9/c33-23-16-17-32(30(37)31-23)26-25(41-29(36)21-14-8-3-9-15-21)24(40-28(35)20-12-6-2-7-13-20)22(39-26)18-38-27(34)19-10-4-1-5-11-19/h1-15,22,24-26H,16-18H2,(H,31,33,37). The van der Waals surface area contributed by atoms with Crippen LogP contribution < -0.4 is 5.32 Å². The van der Waals surface area contributed by atoms with Crippen molar-refractivity contribution in [2.45, 2.75) is 31.0 Å². The van der Waals surface area contributed by atoms with Crippen LogP contribution in [0, 0.1) is 0 Å². The summed E-state index contributed by atoms with van der Waals surface area (Å²) in [5, 5.41) is 2.21. The van der Waals surface area contributed by atoms with Gasteiger partial charge < -0.3 is 18.9 Å². The molecule has 0 aromatic heterocycles. The minimum atomic E-state index is -1.32. The molecule has 4 unspecified atom stereocenters. The van der Waals surface area contributed by atoms with Crippen LogP contribution in [-0.2, 0) is 23.7 Å². The first-order valence-electron chi connectivity index (χ1n) is 12.9. The molecule has 0 saturated carbocycles. The molecule has 0 bridgehead atoms. The van der Waals surface area contributed by atoms with Crippen molar-refractivity contribution >= 4 is 29.8 Å². The van der Waals surface area contributed by atoms with Crippen LogP contribution in [0.2, 0.25) is 0 Å². The lowest BCUT2D eigenvalue weighted by atomic mass is 10.1. The van der Waals surface area contributed by atoms with Gasteiger partial charge in [0.25, 0.3) is 0 Å². The van der Waals surface area contributed by atoms with Gasteiger partial charge >= 0.3 is 23.9 Å². The molecule has 41 heavy (non-hydrogen) atoms. The molecule has 3 amide bonds. The summed E-state index contributed by atoms with van der Waals surface area (Å²) >= 11 is 0. The summed E-state index contributed by atoms with van der Waals surface area (Å²) in [6.07, 6.45) is -5.01. The fraction of sp³-hybridized carbons (Fsp3) is 0.233. The zero-order chi connectivity index (χ0) is 28.8. The lowest BCUT2D eigenvalue weighted by Gasteiger charge is -2.34. The Labute approximate surface area is 234 Å². The minimum absolute atomic E-state index is 0.0208. The SMILES string of the molecule is O=C1CCN(C2OC(COC(=O)c3ccccc3)C(OC(=O)c3ccccc3)C2OC(=O)c2ccccc2)C(=O)N1. The number of hydrogen-bond donors (Lipinski definition) is 1. The molecule has 0 radical (unpaired) electrons. The number of carbonyl (C=O) groups excluding carboxylic acids is 5. The molecule has 1 N–H and O–H groups in total. The number of imide groups is 1. The summed E-state index contributed by atoms with van der Waals surface area (Å²) < 4.78 is 23.2. The van der Waals surface area contributed by atoms with E-state index in [-0.39, 0.29) is 30.7 Å². The van der Waals surface area contributed by atoms with Gasteiger partial charge in [0.1, 0.15) is 12.7 Å². The Kier molecular flexibility index (Phi) is 8.35. The van der Waals surface area contributed by atoms with E-state index in [1.165, 1.54) is 4.90 Å².